The van der Waals surface area contributed by atoms with Crippen LogP contribution >= 0.6 is 0 Å². The van der Waals surface area contributed by atoms with Crippen LogP contribution in [0.4, 0.5) is 4.39 Å². The predicted molar refractivity (Wildman–Crippen MR) is 101 cm³/mol. The number of carbonyl (C=O) groups excluding carboxylic acids is 1. The molecule has 5 heteroatoms. The van der Waals surface area contributed by atoms with Crippen molar-refractivity contribution in [1.29, 1.82) is 0 Å². The van der Waals surface area contributed by atoms with Crippen LogP contribution in [0.15, 0.2) is 48.5 Å². The zero-order valence-corrected chi connectivity index (χ0v) is 15.2. The van der Waals surface area contributed by atoms with Crippen LogP contribution in [0.2, 0.25) is 0 Å². The maximum atomic E-state index is 13.0. The van der Waals surface area contributed by atoms with Crippen molar-refractivity contribution in [2.75, 3.05) is 13.1 Å². The molecule has 0 unspecified atom stereocenters. The second-order valence-corrected chi connectivity index (χ2v) is 7.12. The van der Waals surface area contributed by atoms with Gasteiger partial charge >= 0.3 is 5.97 Å². The number of likely N-dealkylation sites (tertiary alicyclic amines) is 1. The number of carboxylic acids is 1. The molecule has 1 aliphatic heterocycles. The lowest BCUT2D eigenvalue weighted by atomic mass is 9.90. The molecule has 0 saturated carbocycles. The molecule has 2 aromatic carbocycles. The molecule has 142 valence electrons. The molecular weight excluding hydrogens is 345 g/mol. The number of amides is 1. The lowest BCUT2D eigenvalue weighted by Crippen LogP contribution is -2.39. The standard InChI is InChI=1S/C22H24FNO3/c23-19-8-5-16(6-9-19)15-17-11-13-24(14-12-17)21(25)10-7-18-3-1-2-4-20(18)22(26)27/h1-6,8-9,17H,7,10-15H2,(H,26,27). The summed E-state index contributed by atoms with van der Waals surface area (Å²) in [5, 5.41) is 9.23. The minimum atomic E-state index is -0.959. The highest BCUT2D eigenvalue weighted by Gasteiger charge is 2.23. The van der Waals surface area contributed by atoms with Crippen LogP contribution < -0.4 is 0 Å². The molecule has 1 N–H and O–H groups in total. The summed E-state index contributed by atoms with van der Waals surface area (Å²) >= 11 is 0. The van der Waals surface area contributed by atoms with Crippen LogP contribution in [-0.4, -0.2) is 35.0 Å². The van der Waals surface area contributed by atoms with E-state index in [9.17, 15) is 19.1 Å². The third-order valence-electron chi connectivity index (χ3n) is 5.26. The summed E-state index contributed by atoms with van der Waals surface area (Å²) in [6.07, 6.45) is 3.56. The number of hydrogen-bond donors (Lipinski definition) is 1. The Balaban J connectivity index is 1.47. The highest BCUT2D eigenvalue weighted by molar-refractivity contribution is 5.89. The summed E-state index contributed by atoms with van der Waals surface area (Å²) in [7, 11) is 0. The van der Waals surface area contributed by atoms with Gasteiger partial charge in [-0.3, -0.25) is 4.79 Å². The summed E-state index contributed by atoms with van der Waals surface area (Å²) in [6, 6.07) is 13.5. The molecule has 0 atom stereocenters. The number of aryl methyl sites for hydroxylation is 1. The Morgan fingerprint density at radius 2 is 1.70 bits per heavy atom. The Labute approximate surface area is 158 Å². The van der Waals surface area contributed by atoms with Gasteiger partial charge in [-0.05, 0) is 60.9 Å². The summed E-state index contributed by atoms with van der Waals surface area (Å²) in [5.74, 6) is -0.592. The minimum absolute atomic E-state index is 0.0791. The first-order chi connectivity index (χ1) is 13.0. The molecule has 1 heterocycles. The zero-order chi connectivity index (χ0) is 19.2. The molecule has 0 aromatic heterocycles. The molecule has 2 aromatic rings. The monoisotopic (exact) mass is 369 g/mol. The maximum Gasteiger partial charge on any atom is 0.335 e. The Morgan fingerprint density at radius 1 is 1.04 bits per heavy atom. The van der Waals surface area contributed by atoms with Crippen molar-refractivity contribution in [3.63, 3.8) is 0 Å². The zero-order valence-electron chi connectivity index (χ0n) is 15.2. The van der Waals surface area contributed by atoms with E-state index in [0.717, 1.165) is 37.9 Å². The smallest absolute Gasteiger partial charge is 0.335 e. The summed E-state index contributed by atoms with van der Waals surface area (Å²) < 4.78 is 13.0. The lowest BCUT2D eigenvalue weighted by Gasteiger charge is -2.32. The maximum absolute atomic E-state index is 13.0. The fraction of sp³-hybridized carbons (Fsp3) is 0.364. The lowest BCUT2D eigenvalue weighted by molar-refractivity contribution is -0.132. The average molecular weight is 369 g/mol. The molecule has 0 aliphatic carbocycles. The quantitative estimate of drug-likeness (QED) is 0.839. The van der Waals surface area contributed by atoms with E-state index >= 15 is 0 Å². The Hall–Kier alpha value is -2.69. The summed E-state index contributed by atoms with van der Waals surface area (Å²) in [4.78, 5) is 25.6. The third-order valence-corrected chi connectivity index (χ3v) is 5.26. The van der Waals surface area contributed by atoms with Gasteiger partial charge in [-0.25, -0.2) is 9.18 Å². The fourth-order valence-corrected chi connectivity index (χ4v) is 3.69. The molecule has 0 bridgehead atoms. The second-order valence-electron chi connectivity index (χ2n) is 7.12. The van der Waals surface area contributed by atoms with Crippen molar-refractivity contribution >= 4 is 11.9 Å². The first kappa shape index (κ1) is 19.1. The van der Waals surface area contributed by atoms with E-state index in [1.165, 1.54) is 12.1 Å². The van der Waals surface area contributed by atoms with Gasteiger partial charge < -0.3 is 10.0 Å². The van der Waals surface area contributed by atoms with E-state index in [0.29, 0.717) is 24.3 Å². The summed E-state index contributed by atoms with van der Waals surface area (Å²) in [6.45, 7) is 1.45. The van der Waals surface area contributed by atoms with Gasteiger partial charge in [0.25, 0.3) is 0 Å². The average Bonchev–Trinajstić information content (AvgIpc) is 2.68. The number of halogens is 1. The highest BCUT2D eigenvalue weighted by Crippen LogP contribution is 2.23. The van der Waals surface area contributed by atoms with E-state index < -0.39 is 5.97 Å². The normalized spacial score (nSPS) is 14.9. The SMILES string of the molecule is O=C(O)c1ccccc1CCC(=O)N1CCC(Cc2ccc(F)cc2)CC1. The predicted octanol–water partition coefficient (Wildman–Crippen LogP) is 3.94. The summed E-state index contributed by atoms with van der Waals surface area (Å²) in [5.41, 5.74) is 2.10. The molecule has 1 aliphatic rings. The Morgan fingerprint density at radius 3 is 2.37 bits per heavy atom. The van der Waals surface area contributed by atoms with Crippen molar-refractivity contribution in [2.45, 2.75) is 32.1 Å². The van der Waals surface area contributed by atoms with Crippen LogP contribution in [0.1, 0.15) is 40.7 Å². The van der Waals surface area contributed by atoms with Crippen molar-refractivity contribution in [3.05, 3.63) is 71.0 Å². The highest BCUT2D eigenvalue weighted by atomic mass is 19.1. The van der Waals surface area contributed by atoms with E-state index in [2.05, 4.69) is 0 Å². The minimum Gasteiger partial charge on any atom is -0.478 e. The number of hydrogen-bond acceptors (Lipinski definition) is 2. The van der Waals surface area contributed by atoms with E-state index in [-0.39, 0.29) is 17.3 Å². The molecule has 1 saturated heterocycles. The molecule has 27 heavy (non-hydrogen) atoms. The van der Waals surface area contributed by atoms with Gasteiger partial charge in [0.1, 0.15) is 5.82 Å². The number of carboxylic acid groups (broad SMARTS) is 1. The molecular formula is C22H24FNO3. The second kappa shape index (κ2) is 8.80. The van der Waals surface area contributed by atoms with E-state index in [1.807, 2.05) is 17.0 Å². The van der Waals surface area contributed by atoms with Gasteiger partial charge in [0.2, 0.25) is 5.91 Å². The first-order valence-electron chi connectivity index (χ1n) is 9.36. The van der Waals surface area contributed by atoms with Gasteiger partial charge in [-0.2, -0.15) is 0 Å². The van der Waals surface area contributed by atoms with Gasteiger partial charge in [-0.1, -0.05) is 30.3 Å². The van der Waals surface area contributed by atoms with Crippen LogP contribution in [0.25, 0.3) is 0 Å². The number of benzene rings is 2. The van der Waals surface area contributed by atoms with Gasteiger partial charge in [0.05, 0.1) is 5.56 Å². The molecule has 0 radical (unpaired) electrons. The van der Waals surface area contributed by atoms with Gasteiger partial charge in [0, 0.05) is 19.5 Å². The van der Waals surface area contributed by atoms with Crippen molar-refractivity contribution in [2.24, 2.45) is 5.92 Å². The topological polar surface area (TPSA) is 57.6 Å². The Kier molecular flexibility index (Phi) is 6.22. The molecule has 3 rings (SSSR count). The van der Waals surface area contributed by atoms with Crippen LogP contribution in [-0.2, 0) is 17.6 Å². The Bertz CT molecular complexity index is 795. The van der Waals surface area contributed by atoms with E-state index in [1.54, 1.807) is 24.3 Å². The molecule has 1 amide bonds. The van der Waals surface area contributed by atoms with E-state index in [4.69, 9.17) is 0 Å². The van der Waals surface area contributed by atoms with Crippen LogP contribution in [0.3, 0.4) is 0 Å². The van der Waals surface area contributed by atoms with Crippen molar-refractivity contribution in [3.8, 4) is 0 Å². The largest absolute Gasteiger partial charge is 0.478 e. The number of rotatable bonds is 6. The molecule has 0 spiro atoms. The first-order valence-corrected chi connectivity index (χ1v) is 9.36. The van der Waals surface area contributed by atoms with Crippen LogP contribution in [0, 0.1) is 11.7 Å². The van der Waals surface area contributed by atoms with Crippen molar-refractivity contribution in [1.82, 2.24) is 4.90 Å². The van der Waals surface area contributed by atoms with Gasteiger partial charge in [0.15, 0.2) is 0 Å². The van der Waals surface area contributed by atoms with Crippen molar-refractivity contribution < 1.29 is 19.1 Å². The molecule has 1 fully saturated rings. The number of piperidine rings is 1. The number of carbonyl (C=O) groups is 2. The third kappa shape index (κ3) is 5.16. The van der Waals surface area contributed by atoms with Gasteiger partial charge in [-0.15, -0.1) is 0 Å². The number of aromatic carboxylic acids is 1. The molecule has 4 nitrogen and oxygen atoms in total. The van der Waals surface area contributed by atoms with Crippen LogP contribution in [0.5, 0.6) is 0 Å². The number of nitrogens with zero attached hydrogens (tertiary/aromatic N) is 1. The fourth-order valence-electron chi connectivity index (χ4n) is 3.69.